The van der Waals surface area contributed by atoms with E-state index in [0.29, 0.717) is 16.9 Å². The number of carbonyl (C=O) groups excluding carboxylic acids is 1. The van der Waals surface area contributed by atoms with Gasteiger partial charge in [0.2, 0.25) is 0 Å². The van der Waals surface area contributed by atoms with Gasteiger partial charge in [-0.25, -0.2) is 5.43 Å². The lowest BCUT2D eigenvalue weighted by Gasteiger charge is -2.04. The van der Waals surface area contributed by atoms with Gasteiger partial charge in [-0.1, -0.05) is 30.0 Å². The van der Waals surface area contributed by atoms with E-state index in [2.05, 4.69) is 20.7 Å². The lowest BCUT2D eigenvalue weighted by molar-refractivity contribution is 0.0955. The molecule has 0 aliphatic carbocycles. The first-order valence-corrected chi connectivity index (χ1v) is 8.93. The second-order valence-electron chi connectivity index (χ2n) is 5.62. The van der Waals surface area contributed by atoms with Crippen molar-refractivity contribution >= 4 is 23.9 Å². The van der Waals surface area contributed by atoms with E-state index in [9.17, 15) is 15.0 Å². The molecule has 1 heterocycles. The van der Waals surface area contributed by atoms with Crippen molar-refractivity contribution in [3.05, 3.63) is 65.5 Å². The Morgan fingerprint density at radius 3 is 2.74 bits per heavy atom. The van der Waals surface area contributed by atoms with E-state index in [1.807, 2.05) is 23.7 Å². The maximum atomic E-state index is 12.1. The molecular formula is C18H17N5O3S. The number of thioether (sulfide) groups is 1. The first-order chi connectivity index (χ1) is 13.0. The molecule has 0 aliphatic heterocycles. The van der Waals surface area contributed by atoms with Crippen LogP contribution in [0.25, 0.3) is 0 Å². The zero-order valence-electron chi connectivity index (χ0n) is 14.4. The van der Waals surface area contributed by atoms with E-state index >= 15 is 0 Å². The number of phenols is 2. The minimum Gasteiger partial charge on any atom is -0.504 e. The fourth-order valence-corrected chi connectivity index (χ4v) is 3.03. The van der Waals surface area contributed by atoms with Crippen molar-refractivity contribution in [1.29, 1.82) is 0 Å². The highest BCUT2D eigenvalue weighted by Gasteiger charge is 2.07. The molecule has 0 bridgehead atoms. The summed E-state index contributed by atoms with van der Waals surface area (Å²) in [7, 11) is 1.88. The Balaban J connectivity index is 1.56. The fraction of sp³-hybridized carbons (Fsp3) is 0.111. The summed E-state index contributed by atoms with van der Waals surface area (Å²) in [4.78, 5) is 12.1. The zero-order chi connectivity index (χ0) is 19.2. The van der Waals surface area contributed by atoms with Crippen LogP contribution < -0.4 is 5.43 Å². The first kappa shape index (κ1) is 18.5. The quantitative estimate of drug-likeness (QED) is 0.261. The van der Waals surface area contributed by atoms with E-state index in [0.717, 1.165) is 10.7 Å². The van der Waals surface area contributed by atoms with Gasteiger partial charge < -0.3 is 14.8 Å². The molecular weight excluding hydrogens is 366 g/mol. The molecule has 2 aromatic carbocycles. The van der Waals surface area contributed by atoms with Crippen LogP contribution in [0.4, 0.5) is 0 Å². The number of nitrogens with zero attached hydrogens (tertiary/aromatic N) is 4. The standard InChI is InChI=1S/C18H17N5O3S/c1-23-11-20-22-18(23)27-10-12-5-7-13(8-6-12)17(26)21-19-9-14-3-2-4-15(24)16(14)25/h2-9,11,24-25H,10H2,1H3,(H,21,26)/b19-9+. The van der Waals surface area contributed by atoms with Crippen LogP contribution in [0.1, 0.15) is 21.5 Å². The Labute approximate surface area is 159 Å². The van der Waals surface area contributed by atoms with Gasteiger partial charge in [-0.2, -0.15) is 5.10 Å². The first-order valence-electron chi connectivity index (χ1n) is 7.94. The molecule has 0 unspecified atom stereocenters. The van der Waals surface area contributed by atoms with E-state index < -0.39 is 0 Å². The van der Waals surface area contributed by atoms with Crippen LogP contribution >= 0.6 is 11.8 Å². The van der Waals surface area contributed by atoms with Gasteiger partial charge in [0.15, 0.2) is 16.7 Å². The molecule has 0 saturated carbocycles. The van der Waals surface area contributed by atoms with Crippen LogP contribution in [0.15, 0.2) is 59.0 Å². The highest BCUT2D eigenvalue weighted by Crippen LogP contribution is 2.26. The van der Waals surface area contributed by atoms with Gasteiger partial charge in [0.05, 0.1) is 6.21 Å². The second-order valence-corrected chi connectivity index (χ2v) is 6.57. The lowest BCUT2D eigenvalue weighted by atomic mass is 10.1. The van der Waals surface area contributed by atoms with Gasteiger partial charge >= 0.3 is 0 Å². The van der Waals surface area contributed by atoms with Gasteiger partial charge in [-0.3, -0.25) is 4.79 Å². The molecule has 138 valence electrons. The van der Waals surface area contributed by atoms with E-state index in [1.165, 1.54) is 12.3 Å². The molecule has 1 amide bonds. The van der Waals surface area contributed by atoms with E-state index in [4.69, 9.17) is 0 Å². The number of aromatic nitrogens is 3. The molecule has 0 fully saturated rings. The number of hydrazone groups is 1. The van der Waals surface area contributed by atoms with E-state index in [-0.39, 0.29) is 17.4 Å². The largest absolute Gasteiger partial charge is 0.504 e. The summed E-state index contributed by atoms with van der Waals surface area (Å²) in [5.41, 5.74) is 4.19. The van der Waals surface area contributed by atoms with Crippen molar-refractivity contribution < 1.29 is 15.0 Å². The van der Waals surface area contributed by atoms with E-state index in [1.54, 1.807) is 42.4 Å². The van der Waals surface area contributed by atoms with Gasteiger partial charge in [0.1, 0.15) is 6.33 Å². The number of aryl methyl sites for hydroxylation is 1. The number of nitrogens with one attached hydrogen (secondary N) is 1. The van der Waals surface area contributed by atoms with Gasteiger partial charge in [-0.05, 0) is 29.8 Å². The number of hydrogen-bond donors (Lipinski definition) is 3. The predicted molar refractivity (Wildman–Crippen MR) is 102 cm³/mol. The summed E-state index contributed by atoms with van der Waals surface area (Å²) in [5, 5.41) is 31.6. The molecule has 0 radical (unpaired) electrons. The molecule has 0 aliphatic rings. The minimum atomic E-state index is -0.376. The molecule has 1 aromatic heterocycles. The van der Waals surface area contributed by atoms with Crippen molar-refractivity contribution in [3.8, 4) is 11.5 Å². The van der Waals surface area contributed by atoms with Gasteiger partial charge in [-0.15, -0.1) is 10.2 Å². The molecule has 27 heavy (non-hydrogen) atoms. The summed E-state index contributed by atoms with van der Waals surface area (Å²) >= 11 is 1.56. The number of amides is 1. The summed E-state index contributed by atoms with van der Waals surface area (Å²) in [6.07, 6.45) is 2.91. The number of rotatable bonds is 6. The van der Waals surface area contributed by atoms with Crippen molar-refractivity contribution in [3.63, 3.8) is 0 Å². The minimum absolute atomic E-state index is 0.250. The summed E-state index contributed by atoms with van der Waals surface area (Å²) in [6.45, 7) is 0. The zero-order valence-corrected chi connectivity index (χ0v) is 15.2. The Kier molecular flexibility index (Phi) is 5.72. The van der Waals surface area contributed by atoms with Crippen LogP contribution in [-0.4, -0.2) is 37.1 Å². The molecule has 0 atom stereocenters. The van der Waals surface area contributed by atoms with Crippen LogP contribution in [0.3, 0.4) is 0 Å². The van der Waals surface area contributed by atoms with Crippen molar-refractivity contribution in [2.24, 2.45) is 12.1 Å². The highest BCUT2D eigenvalue weighted by molar-refractivity contribution is 7.98. The number of benzene rings is 2. The average Bonchev–Trinajstić information content (AvgIpc) is 3.08. The molecule has 0 spiro atoms. The topological polar surface area (TPSA) is 113 Å². The van der Waals surface area contributed by atoms with Crippen molar-refractivity contribution in [1.82, 2.24) is 20.2 Å². The summed E-state index contributed by atoms with van der Waals surface area (Å²) in [5.74, 6) is -0.206. The molecule has 3 aromatic rings. The number of aromatic hydroxyl groups is 2. The fourth-order valence-electron chi connectivity index (χ4n) is 2.18. The predicted octanol–water partition coefficient (Wildman–Crippen LogP) is 2.28. The monoisotopic (exact) mass is 383 g/mol. The summed E-state index contributed by atoms with van der Waals surface area (Å²) < 4.78 is 1.84. The van der Waals surface area contributed by atoms with Gasteiger partial charge in [0.25, 0.3) is 5.91 Å². The maximum Gasteiger partial charge on any atom is 0.271 e. The third-order valence-corrected chi connectivity index (χ3v) is 4.78. The number of carbonyl (C=O) groups is 1. The highest BCUT2D eigenvalue weighted by atomic mass is 32.2. The SMILES string of the molecule is Cn1cnnc1SCc1ccc(C(=O)N/N=C/c2cccc(O)c2O)cc1. The van der Waals surface area contributed by atoms with Crippen molar-refractivity contribution in [2.45, 2.75) is 10.9 Å². The molecule has 0 saturated heterocycles. The average molecular weight is 383 g/mol. The van der Waals surface area contributed by atoms with Crippen LogP contribution in [0, 0.1) is 0 Å². The normalized spacial score (nSPS) is 11.0. The second kappa shape index (κ2) is 8.37. The number of hydrogen-bond acceptors (Lipinski definition) is 7. The van der Waals surface area contributed by atoms with Gasteiger partial charge in [0, 0.05) is 23.9 Å². The Morgan fingerprint density at radius 1 is 1.26 bits per heavy atom. The number of phenolic OH excluding ortho intramolecular Hbond substituents is 2. The third kappa shape index (κ3) is 4.64. The molecule has 3 N–H and O–H groups in total. The van der Waals surface area contributed by atoms with Crippen molar-refractivity contribution in [2.75, 3.05) is 0 Å². The Bertz CT molecular complexity index is 969. The molecule has 9 heteroatoms. The maximum absolute atomic E-state index is 12.1. The molecule has 3 rings (SSSR count). The molecule has 8 nitrogen and oxygen atoms in total. The Morgan fingerprint density at radius 2 is 2.04 bits per heavy atom. The smallest absolute Gasteiger partial charge is 0.271 e. The third-order valence-electron chi connectivity index (χ3n) is 3.67. The van der Waals surface area contributed by atoms with Crippen LogP contribution in [-0.2, 0) is 12.8 Å². The number of para-hydroxylation sites is 1. The summed E-state index contributed by atoms with van der Waals surface area (Å²) in [6, 6.07) is 11.6. The lowest BCUT2D eigenvalue weighted by Crippen LogP contribution is -2.17. The van der Waals surface area contributed by atoms with Crippen LogP contribution in [0.2, 0.25) is 0 Å². The Hall–Kier alpha value is -3.33. The van der Waals surface area contributed by atoms with Crippen LogP contribution in [0.5, 0.6) is 11.5 Å².